The number of benzene rings is 2. The Labute approximate surface area is 153 Å². The Morgan fingerprint density at radius 3 is 2.50 bits per heavy atom. The van der Waals surface area contributed by atoms with Gasteiger partial charge in [0, 0.05) is 23.9 Å². The van der Waals surface area contributed by atoms with Gasteiger partial charge in [0.25, 0.3) is 0 Å². The number of aryl methyl sites for hydroxylation is 2. The van der Waals surface area contributed by atoms with Crippen molar-refractivity contribution >= 4 is 23.1 Å². The molecule has 3 rings (SSSR count). The third kappa shape index (κ3) is 4.66. The highest BCUT2D eigenvalue weighted by atomic mass is 16.1. The molecule has 0 unspecified atom stereocenters. The van der Waals surface area contributed by atoms with Crippen LogP contribution in [0, 0.1) is 13.8 Å². The minimum atomic E-state index is 0.0352. The Hall–Kier alpha value is -3.21. The van der Waals surface area contributed by atoms with Crippen LogP contribution >= 0.6 is 0 Å². The molecule has 0 fully saturated rings. The van der Waals surface area contributed by atoms with Crippen LogP contribution in [-0.4, -0.2) is 15.8 Å². The number of anilines is 3. The molecule has 0 spiro atoms. The Morgan fingerprint density at radius 2 is 1.73 bits per heavy atom. The first-order valence-corrected chi connectivity index (χ1v) is 8.53. The van der Waals surface area contributed by atoms with Crippen LogP contribution < -0.4 is 10.6 Å². The zero-order valence-electron chi connectivity index (χ0n) is 15.2. The number of hydrogen-bond donors (Lipinski definition) is 2. The lowest BCUT2D eigenvalue weighted by Gasteiger charge is -2.11. The van der Waals surface area contributed by atoms with Crippen LogP contribution in [0.4, 0.5) is 17.3 Å². The first kappa shape index (κ1) is 17.6. The number of hydrogen-bond acceptors (Lipinski definition) is 5. The summed E-state index contributed by atoms with van der Waals surface area (Å²) >= 11 is 0. The molecule has 0 saturated carbocycles. The average molecular weight is 346 g/mol. The summed E-state index contributed by atoms with van der Waals surface area (Å²) in [6.07, 6.45) is 0. The minimum absolute atomic E-state index is 0.0352. The zero-order chi connectivity index (χ0) is 18.5. The first-order chi connectivity index (χ1) is 12.5. The van der Waals surface area contributed by atoms with Gasteiger partial charge in [-0.25, -0.2) is 9.97 Å². The molecule has 5 heteroatoms. The lowest BCUT2D eigenvalue weighted by molar-refractivity contribution is 0.101. The Bertz CT molecular complexity index is 937. The van der Waals surface area contributed by atoms with E-state index in [1.165, 1.54) is 11.1 Å². The van der Waals surface area contributed by atoms with Gasteiger partial charge in [-0.2, -0.15) is 0 Å². The summed E-state index contributed by atoms with van der Waals surface area (Å²) in [6.45, 7) is 6.18. The Morgan fingerprint density at radius 1 is 0.962 bits per heavy atom. The van der Waals surface area contributed by atoms with Gasteiger partial charge in [-0.1, -0.05) is 42.0 Å². The van der Waals surface area contributed by atoms with E-state index >= 15 is 0 Å². The number of ketones is 1. The minimum Gasteiger partial charge on any atom is -0.366 e. The molecule has 0 aliphatic heterocycles. The van der Waals surface area contributed by atoms with Crippen molar-refractivity contribution in [3.05, 3.63) is 77.1 Å². The van der Waals surface area contributed by atoms with Gasteiger partial charge in [-0.15, -0.1) is 0 Å². The molecule has 0 atom stereocenters. The van der Waals surface area contributed by atoms with Crippen LogP contribution in [0.2, 0.25) is 0 Å². The van der Waals surface area contributed by atoms with Crippen LogP contribution in [-0.2, 0) is 6.54 Å². The Kier molecular flexibility index (Phi) is 5.27. The van der Waals surface area contributed by atoms with Crippen LogP contribution in [0.5, 0.6) is 0 Å². The van der Waals surface area contributed by atoms with E-state index in [1.54, 1.807) is 13.0 Å². The van der Waals surface area contributed by atoms with Gasteiger partial charge in [0.1, 0.15) is 17.5 Å². The lowest BCUT2D eigenvalue weighted by atomic mass is 10.1. The molecule has 0 saturated heterocycles. The van der Waals surface area contributed by atoms with E-state index in [4.69, 9.17) is 0 Å². The van der Waals surface area contributed by atoms with E-state index in [1.807, 2.05) is 37.3 Å². The molecule has 0 amide bonds. The number of Topliss-reactive ketones (excluding diaryl/α,β-unsaturated/α-hetero) is 1. The normalized spacial score (nSPS) is 10.4. The molecule has 0 aliphatic carbocycles. The second-order valence-corrected chi connectivity index (χ2v) is 6.29. The predicted octanol–water partition coefficient (Wildman–Crippen LogP) is 4.65. The summed E-state index contributed by atoms with van der Waals surface area (Å²) in [5.74, 6) is 2.15. The van der Waals surface area contributed by atoms with Crippen molar-refractivity contribution in [3.8, 4) is 0 Å². The molecule has 2 aromatic carbocycles. The highest BCUT2D eigenvalue weighted by Crippen LogP contribution is 2.19. The van der Waals surface area contributed by atoms with E-state index in [-0.39, 0.29) is 5.78 Å². The van der Waals surface area contributed by atoms with Gasteiger partial charge in [-0.3, -0.25) is 4.79 Å². The summed E-state index contributed by atoms with van der Waals surface area (Å²) in [7, 11) is 0. The van der Waals surface area contributed by atoms with Crippen molar-refractivity contribution in [2.45, 2.75) is 27.3 Å². The van der Waals surface area contributed by atoms with Crippen molar-refractivity contribution in [1.29, 1.82) is 0 Å². The standard InChI is InChI=1S/C21H22N4O/c1-14-6-4-7-17(10-14)13-22-20-12-21(24-16(3)23-20)25-19-9-5-8-18(11-19)15(2)26/h4-12H,13H2,1-3H3,(H2,22,23,24,25). The lowest BCUT2D eigenvalue weighted by Crippen LogP contribution is -2.05. The molecule has 132 valence electrons. The van der Waals surface area contributed by atoms with Crippen LogP contribution in [0.1, 0.15) is 34.2 Å². The molecule has 3 aromatic rings. The first-order valence-electron chi connectivity index (χ1n) is 8.53. The van der Waals surface area contributed by atoms with Crippen molar-refractivity contribution in [2.24, 2.45) is 0 Å². The molecule has 1 heterocycles. The maximum absolute atomic E-state index is 11.5. The monoisotopic (exact) mass is 346 g/mol. The maximum Gasteiger partial charge on any atom is 0.159 e. The number of carbonyl (C=O) groups excluding carboxylic acids is 1. The molecular formula is C21H22N4O. The van der Waals surface area contributed by atoms with E-state index in [0.29, 0.717) is 23.8 Å². The molecule has 0 radical (unpaired) electrons. The molecule has 26 heavy (non-hydrogen) atoms. The van der Waals surface area contributed by atoms with E-state index < -0.39 is 0 Å². The van der Waals surface area contributed by atoms with Gasteiger partial charge in [0.2, 0.25) is 0 Å². The van der Waals surface area contributed by atoms with Crippen LogP contribution in [0.25, 0.3) is 0 Å². The third-order valence-electron chi connectivity index (χ3n) is 3.94. The summed E-state index contributed by atoms with van der Waals surface area (Å²) in [5.41, 5.74) is 3.92. The Balaban J connectivity index is 1.75. The smallest absolute Gasteiger partial charge is 0.159 e. The van der Waals surface area contributed by atoms with Gasteiger partial charge in [0.05, 0.1) is 0 Å². The van der Waals surface area contributed by atoms with Crippen LogP contribution in [0.15, 0.2) is 54.6 Å². The van der Waals surface area contributed by atoms with Crippen molar-refractivity contribution in [2.75, 3.05) is 10.6 Å². The largest absolute Gasteiger partial charge is 0.366 e. The summed E-state index contributed by atoms with van der Waals surface area (Å²) in [4.78, 5) is 20.4. The highest BCUT2D eigenvalue weighted by Gasteiger charge is 2.05. The summed E-state index contributed by atoms with van der Waals surface area (Å²) in [5, 5.41) is 6.58. The fraction of sp³-hybridized carbons (Fsp3) is 0.190. The topological polar surface area (TPSA) is 66.9 Å². The fourth-order valence-electron chi connectivity index (χ4n) is 2.70. The third-order valence-corrected chi connectivity index (χ3v) is 3.94. The quantitative estimate of drug-likeness (QED) is 0.636. The van der Waals surface area contributed by atoms with Crippen molar-refractivity contribution in [1.82, 2.24) is 9.97 Å². The summed E-state index contributed by atoms with van der Waals surface area (Å²) in [6, 6.07) is 17.6. The second kappa shape index (κ2) is 7.78. The van der Waals surface area contributed by atoms with E-state index in [0.717, 1.165) is 11.5 Å². The number of aromatic nitrogens is 2. The van der Waals surface area contributed by atoms with E-state index in [9.17, 15) is 4.79 Å². The van der Waals surface area contributed by atoms with E-state index in [2.05, 4.69) is 45.7 Å². The number of nitrogens with zero attached hydrogens (tertiary/aromatic N) is 2. The van der Waals surface area contributed by atoms with Gasteiger partial charge in [-0.05, 0) is 38.5 Å². The van der Waals surface area contributed by atoms with Crippen molar-refractivity contribution < 1.29 is 4.79 Å². The van der Waals surface area contributed by atoms with Gasteiger partial charge >= 0.3 is 0 Å². The van der Waals surface area contributed by atoms with Gasteiger partial charge in [0.15, 0.2) is 5.78 Å². The fourth-order valence-corrected chi connectivity index (χ4v) is 2.70. The molecule has 1 aromatic heterocycles. The number of nitrogens with one attached hydrogen (secondary N) is 2. The average Bonchev–Trinajstić information content (AvgIpc) is 2.60. The summed E-state index contributed by atoms with van der Waals surface area (Å²) < 4.78 is 0. The van der Waals surface area contributed by atoms with Crippen molar-refractivity contribution in [3.63, 3.8) is 0 Å². The predicted molar refractivity (Wildman–Crippen MR) is 105 cm³/mol. The molecule has 0 bridgehead atoms. The second-order valence-electron chi connectivity index (χ2n) is 6.29. The van der Waals surface area contributed by atoms with Crippen LogP contribution in [0.3, 0.4) is 0 Å². The molecule has 0 aliphatic rings. The molecule has 2 N–H and O–H groups in total. The number of rotatable bonds is 6. The SMILES string of the molecule is CC(=O)c1cccc(Nc2cc(NCc3cccc(C)c3)nc(C)n2)c1. The van der Waals surface area contributed by atoms with Gasteiger partial charge < -0.3 is 10.6 Å². The molecule has 5 nitrogen and oxygen atoms in total. The number of carbonyl (C=O) groups is 1. The highest BCUT2D eigenvalue weighted by molar-refractivity contribution is 5.95. The molecular weight excluding hydrogens is 324 g/mol. The maximum atomic E-state index is 11.5. The zero-order valence-corrected chi connectivity index (χ0v) is 15.2.